The lowest BCUT2D eigenvalue weighted by molar-refractivity contribution is -0.116. The maximum absolute atomic E-state index is 12.2. The highest BCUT2D eigenvalue weighted by Gasteiger charge is 2.26. The third-order valence-corrected chi connectivity index (χ3v) is 5.12. The lowest BCUT2D eigenvalue weighted by Gasteiger charge is -2.28. The van der Waals surface area contributed by atoms with Gasteiger partial charge in [0, 0.05) is 6.42 Å². The van der Waals surface area contributed by atoms with Crippen LogP contribution in [0.25, 0.3) is 0 Å². The Morgan fingerprint density at radius 2 is 1.73 bits per heavy atom. The van der Waals surface area contributed by atoms with Crippen molar-refractivity contribution in [2.75, 3.05) is 5.32 Å². The van der Waals surface area contributed by atoms with Crippen LogP contribution in [0, 0.1) is 3.95 Å². The summed E-state index contributed by atoms with van der Waals surface area (Å²) in [5.41, 5.74) is 2.50. The van der Waals surface area contributed by atoms with Crippen molar-refractivity contribution in [2.24, 2.45) is 0 Å². The molecule has 26 heavy (non-hydrogen) atoms. The smallest absolute Gasteiger partial charge is 0.226 e. The summed E-state index contributed by atoms with van der Waals surface area (Å²) in [6.45, 7) is 12.5. The zero-order chi connectivity index (χ0) is 19.7. The molecule has 0 fully saturated rings. The summed E-state index contributed by atoms with van der Waals surface area (Å²) < 4.78 is 0.531. The van der Waals surface area contributed by atoms with Crippen molar-refractivity contribution >= 4 is 34.6 Å². The van der Waals surface area contributed by atoms with Crippen LogP contribution in [-0.2, 0) is 22.0 Å². The van der Waals surface area contributed by atoms with E-state index >= 15 is 0 Å². The number of carbonyl (C=O) groups is 1. The van der Waals surface area contributed by atoms with Crippen LogP contribution in [0.15, 0.2) is 12.1 Å². The molecule has 0 aliphatic carbocycles. The molecule has 0 aliphatic rings. The number of hydrogen-bond acceptors (Lipinski definition) is 5. The Morgan fingerprint density at radius 1 is 1.19 bits per heavy atom. The molecule has 1 heterocycles. The molecular formula is C19H27N3O2S2. The number of aryl methyl sites for hydroxylation is 1. The van der Waals surface area contributed by atoms with Gasteiger partial charge in [-0.2, -0.15) is 0 Å². The fourth-order valence-electron chi connectivity index (χ4n) is 2.70. The number of anilines is 1. The molecule has 0 atom stereocenters. The van der Waals surface area contributed by atoms with Crippen LogP contribution < -0.4 is 5.32 Å². The van der Waals surface area contributed by atoms with Gasteiger partial charge in [-0.1, -0.05) is 65.0 Å². The Balaban J connectivity index is 2.23. The minimum absolute atomic E-state index is 0.106. The second-order valence-corrected chi connectivity index (χ2v) is 10.2. The van der Waals surface area contributed by atoms with E-state index in [0.29, 0.717) is 27.7 Å². The molecule has 5 nitrogen and oxygen atoms in total. The highest BCUT2D eigenvalue weighted by atomic mass is 32.1. The Bertz CT molecular complexity index is 820. The first-order valence-corrected chi connectivity index (χ1v) is 9.82. The van der Waals surface area contributed by atoms with Crippen molar-refractivity contribution in [3.63, 3.8) is 0 Å². The standard InChI is InChI=1S/C19H27N3O2S2/c1-18(2,3)12-9-11(10-13(15(12)24)19(4,5)6)7-8-14(23)20-16-21-22-17(25)26-16/h9-10,24H,7-8H2,1-6H3,(H,22,25)(H,20,21,23). The average Bonchev–Trinajstić information content (AvgIpc) is 2.88. The maximum atomic E-state index is 12.2. The Hall–Kier alpha value is -1.73. The molecule has 1 amide bonds. The molecule has 0 aliphatic heterocycles. The van der Waals surface area contributed by atoms with Gasteiger partial charge in [0.2, 0.25) is 11.0 Å². The predicted octanol–water partition coefficient (Wildman–Crippen LogP) is 5.07. The van der Waals surface area contributed by atoms with Crippen molar-refractivity contribution in [1.29, 1.82) is 0 Å². The molecule has 1 aromatic heterocycles. The number of aromatic hydroxyl groups is 1. The molecule has 1 aromatic carbocycles. The van der Waals surface area contributed by atoms with Crippen LogP contribution in [0.3, 0.4) is 0 Å². The van der Waals surface area contributed by atoms with Crippen LogP contribution in [-0.4, -0.2) is 21.2 Å². The Kier molecular flexibility index (Phi) is 5.92. The van der Waals surface area contributed by atoms with Crippen LogP contribution in [0.5, 0.6) is 5.75 Å². The summed E-state index contributed by atoms with van der Waals surface area (Å²) in [7, 11) is 0. The molecule has 2 aromatic rings. The van der Waals surface area contributed by atoms with Gasteiger partial charge in [0.1, 0.15) is 5.75 Å². The zero-order valence-corrected chi connectivity index (χ0v) is 17.8. The number of amides is 1. The van der Waals surface area contributed by atoms with Crippen molar-refractivity contribution in [3.05, 3.63) is 32.8 Å². The van der Waals surface area contributed by atoms with Gasteiger partial charge in [-0.05, 0) is 46.2 Å². The molecule has 0 saturated carbocycles. The molecule has 7 heteroatoms. The van der Waals surface area contributed by atoms with Gasteiger partial charge in [0.25, 0.3) is 0 Å². The largest absolute Gasteiger partial charge is 0.507 e. The maximum Gasteiger partial charge on any atom is 0.226 e. The van der Waals surface area contributed by atoms with Crippen molar-refractivity contribution in [2.45, 2.75) is 65.2 Å². The van der Waals surface area contributed by atoms with Gasteiger partial charge in [-0.25, -0.2) is 0 Å². The molecule has 142 valence electrons. The third kappa shape index (κ3) is 5.14. The van der Waals surface area contributed by atoms with Crippen LogP contribution in [0.4, 0.5) is 5.13 Å². The lowest BCUT2D eigenvalue weighted by atomic mass is 9.78. The molecular weight excluding hydrogens is 366 g/mol. The number of phenols is 1. The third-order valence-electron chi connectivity index (χ3n) is 4.11. The van der Waals surface area contributed by atoms with Crippen molar-refractivity contribution < 1.29 is 9.90 Å². The highest BCUT2D eigenvalue weighted by molar-refractivity contribution is 7.73. The van der Waals surface area contributed by atoms with Gasteiger partial charge in [0.15, 0.2) is 3.95 Å². The van der Waals surface area contributed by atoms with Crippen LogP contribution in [0.2, 0.25) is 0 Å². The van der Waals surface area contributed by atoms with Gasteiger partial charge in [-0.3, -0.25) is 9.89 Å². The number of nitrogens with zero attached hydrogens (tertiary/aromatic N) is 1. The van der Waals surface area contributed by atoms with Crippen LogP contribution >= 0.6 is 23.6 Å². The molecule has 0 spiro atoms. The fraction of sp³-hybridized carbons (Fsp3) is 0.526. The number of phenolic OH excluding ortho intramolecular Hbond substituents is 1. The van der Waals surface area contributed by atoms with Crippen LogP contribution in [0.1, 0.15) is 64.7 Å². The average molecular weight is 394 g/mol. The van der Waals surface area contributed by atoms with E-state index in [1.165, 1.54) is 11.3 Å². The number of carbonyl (C=O) groups excluding carboxylic acids is 1. The van der Waals surface area contributed by atoms with E-state index in [1.807, 2.05) is 12.1 Å². The monoisotopic (exact) mass is 393 g/mol. The first kappa shape index (κ1) is 20.6. The topological polar surface area (TPSA) is 78.0 Å². The number of H-pyrrole nitrogens is 1. The Labute approximate surface area is 163 Å². The predicted molar refractivity (Wildman–Crippen MR) is 110 cm³/mol. The zero-order valence-electron chi connectivity index (χ0n) is 16.2. The summed E-state index contributed by atoms with van der Waals surface area (Å²) in [4.78, 5) is 12.2. The molecule has 3 N–H and O–H groups in total. The Morgan fingerprint density at radius 3 is 2.15 bits per heavy atom. The van der Waals surface area contributed by atoms with Gasteiger partial charge in [-0.15, -0.1) is 5.10 Å². The highest BCUT2D eigenvalue weighted by Crippen LogP contribution is 2.40. The first-order chi connectivity index (χ1) is 11.9. The quantitative estimate of drug-likeness (QED) is 0.634. The number of rotatable bonds is 4. The SMILES string of the molecule is CC(C)(C)c1cc(CCC(=O)Nc2n[nH]c(=S)s2)cc(C(C)(C)C)c1O. The summed E-state index contributed by atoms with van der Waals surface area (Å²) in [5, 5.41) is 20.6. The summed E-state index contributed by atoms with van der Waals surface area (Å²) in [5.74, 6) is 0.250. The lowest BCUT2D eigenvalue weighted by Crippen LogP contribution is -2.18. The molecule has 0 unspecified atom stereocenters. The number of nitrogens with one attached hydrogen (secondary N) is 2. The minimum Gasteiger partial charge on any atom is -0.507 e. The molecule has 0 radical (unpaired) electrons. The van der Waals surface area contributed by atoms with E-state index in [-0.39, 0.29) is 16.7 Å². The van der Waals surface area contributed by atoms with Gasteiger partial charge < -0.3 is 10.4 Å². The van der Waals surface area contributed by atoms with Crippen molar-refractivity contribution in [1.82, 2.24) is 10.2 Å². The molecule has 2 rings (SSSR count). The second-order valence-electron chi connectivity index (χ2n) is 8.51. The van der Waals surface area contributed by atoms with E-state index in [0.717, 1.165) is 16.7 Å². The van der Waals surface area contributed by atoms with E-state index in [9.17, 15) is 9.90 Å². The second kappa shape index (κ2) is 7.48. The van der Waals surface area contributed by atoms with E-state index in [2.05, 4.69) is 57.1 Å². The number of aromatic nitrogens is 2. The number of benzene rings is 1. The van der Waals surface area contributed by atoms with E-state index in [4.69, 9.17) is 12.2 Å². The molecule has 0 saturated heterocycles. The number of hydrogen-bond donors (Lipinski definition) is 3. The van der Waals surface area contributed by atoms with Gasteiger partial charge in [0.05, 0.1) is 0 Å². The fourth-order valence-corrected chi connectivity index (χ4v) is 3.51. The summed E-state index contributed by atoms with van der Waals surface area (Å²) in [6.07, 6.45) is 0.929. The van der Waals surface area contributed by atoms with E-state index in [1.54, 1.807) is 0 Å². The minimum atomic E-state index is -0.182. The number of aromatic amines is 1. The summed E-state index contributed by atoms with van der Waals surface area (Å²) >= 11 is 6.20. The normalized spacial score (nSPS) is 12.2. The summed E-state index contributed by atoms with van der Waals surface area (Å²) in [6, 6.07) is 4.02. The van der Waals surface area contributed by atoms with E-state index < -0.39 is 0 Å². The molecule has 0 bridgehead atoms. The van der Waals surface area contributed by atoms with Gasteiger partial charge >= 0.3 is 0 Å². The van der Waals surface area contributed by atoms with Crippen molar-refractivity contribution in [3.8, 4) is 5.75 Å². The first-order valence-electron chi connectivity index (χ1n) is 8.60.